The van der Waals surface area contributed by atoms with Crippen molar-refractivity contribution in [2.45, 2.75) is 32.4 Å². The summed E-state index contributed by atoms with van der Waals surface area (Å²) in [6, 6.07) is 4.53. The Kier molecular flexibility index (Phi) is 5.13. The van der Waals surface area contributed by atoms with Crippen LogP contribution in [0.25, 0.3) is 0 Å². The van der Waals surface area contributed by atoms with E-state index in [9.17, 15) is 0 Å². The van der Waals surface area contributed by atoms with Gasteiger partial charge in [0.25, 0.3) is 0 Å². The summed E-state index contributed by atoms with van der Waals surface area (Å²) < 4.78 is 0. The zero-order valence-corrected chi connectivity index (χ0v) is 13.3. The molecule has 0 bridgehead atoms. The fourth-order valence-electron chi connectivity index (χ4n) is 2.70. The Bertz CT molecular complexity index is 396. The van der Waals surface area contributed by atoms with E-state index in [-0.39, 0.29) is 5.54 Å². The van der Waals surface area contributed by atoms with Crippen LogP contribution in [0.4, 0.5) is 0 Å². The van der Waals surface area contributed by atoms with Gasteiger partial charge in [-0.15, -0.1) is 0 Å². The van der Waals surface area contributed by atoms with Gasteiger partial charge in [-0.05, 0) is 45.5 Å². The molecule has 2 rings (SSSR count). The SMILES string of the molecule is CC(NCC(C)(C)N1CCN(C)CC1)c1ccncc1. The molecular formula is C16H28N4. The summed E-state index contributed by atoms with van der Waals surface area (Å²) in [5, 5.41) is 3.66. The highest BCUT2D eigenvalue weighted by Crippen LogP contribution is 2.18. The number of pyridine rings is 1. The molecule has 4 heteroatoms. The van der Waals surface area contributed by atoms with Crippen molar-refractivity contribution in [1.82, 2.24) is 20.1 Å². The summed E-state index contributed by atoms with van der Waals surface area (Å²) in [7, 11) is 2.20. The summed E-state index contributed by atoms with van der Waals surface area (Å²) in [6.45, 7) is 12.6. The zero-order valence-electron chi connectivity index (χ0n) is 13.3. The van der Waals surface area contributed by atoms with E-state index in [0.717, 1.165) is 19.6 Å². The average Bonchev–Trinajstić information content (AvgIpc) is 2.46. The van der Waals surface area contributed by atoms with Crippen LogP contribution in [0.3, 0.4) is 0 Å². The Morgan fingerprint density at radius 1 is 1.20 bits per heavy atom. The van der Waals surface area contributed by atoms with Crippen LogP contribution in [0.1, 0.15) is 32.4 Å². The third-order valence-corrected chi connectivity index (χ3v) is 4.41. The van der Waals surface area contributed by atoms with E-state index in [1.165, 1.54) is 18.7 Å². The van der Waals surface area contributed by atoms with E-state index in [1.807, 2.05) is 12.4 Å². The molecule has 0 radical (unpaired) electrons. The second-order valence-electron chi connectivity index (χ2n) is 6.49. The van der Waals surface area contributed by atoms with E-state index in [2.05, 4.69) is 60.1 Å². The minimum Gasteiger partial charge on any atom is -0.308 e. The molecule has 0 aromatic carbocycles. The zero-order chi connectivity index (χ0) is 14.6. The first kappa shape index (κ1) is 15.4. The first-order valence-corrected chi connectivity index (χ1v) is 7.56. The first-order chi connectivity index (χ1) is 9.49. The van der Waals surface area contributed by atoms with Crippen molar-refractivity contribution >= 4 is 0 Å². The van der Waals surface area contributed by atoms with Crippen LogP contribution in [-0.4, -0.2) is 60.1 Å². The van der Waals surface area contributed by atoms with Gasteiger partial charge in [-0.25, -0.2) is 0 Å². The summed E-state index contributed by atoms with van der Waals surface area (Å²) in [5.41, 5.74) is 1.50. The molecule has 1 aromatic heterocycles. The van der Waals surface area contributed by atoms with Crippen LogP contribution in [0.2, 0.25) is 0 Å². The average molecular weight is 276 g/mol. The van der Waals surface area contributed by atoms with Crippen LogP contribution in [0.15, 0.2) is 24.5 Å². The van der Waals surface area contributed by atoms with Crippen molar-refractivity contribution in [3.63, 3.8) is 0 Å². The molecule has 1 aliphatic heterocycles. The van der Waals surface area contributed by atoms with Crippen molar-refractivity contribution in [1.29, 1.82) is 0 Å². The lowest BCUT2D eigenvalue weighted by atomic mass is 10.00. The van der Waals surface area contributed by atoms with E-state index in [4.69, 9.17) is 0 Å². The normalized spacial score (nSPS) is 20.0. The maximum atomic E-state index is 4.08. The van der Waals surface area contributed by atoms with Crippen LogP contribution in [0.5, 0.6) is 0 Å². The van der Waals surface area contributed by atoms with E-state index in [0.29, 0.717) is 6.04 Å². The van der Waals surface area contributed by atoms with Gasteiger partial charge in [-0.1, -0.05) is 0 Å². The van der Waals surface area contributed by atoms with Gasteiger partial charge in [-0.2, -0.15) is 0 Å². The van der Waals surface area contributed by atoms with Gasteiger partial charge in [0.1, 0.15) is 0 Å². The Labute approximate surface area is 123 Å². The molecule has 20 heavy (non-hydrogen) atoms. The van der Waals surface area contributed by atoms with Gasteiger partial charge in [-0.3, -0.25) is 9.88 Å². The van der Waals surface area contributed by atoms with Crippen LogP contribution < -0.4 is 5.32 Å². The topological polar surface area (TPSA) is 31.4 Å². The van der Waals surface area contributed by atoms with Crippen molar-refractivity contribution in [2.75, 3.05) is 39.8 Å². The third kappa shape index (κ3) is 4.01. The molecular weight excluding hydrogens is 248 g/mol. The second-order valence-corrected chi connectivity index (χ2v) is 6.49. The minimum absolute atomic E-state index is 0.197. The Balaban J connectivity index is 1.85. The number of piperazine rings is 1. The van der Waals surface area contributed by atoms with Crippen LogP contribution in [0, 0.1) is 0 Å². The largest absolute Gasteiger partial charge is 0.308 e. The molecule has 4 nitrogen and oxygen atoms in total. The fraction of sp³-hybridized carbons (Fsp3) is 0.688. The van der Waals surface area contributed by atoms with Gasteiger partial charge in [0, 0.05) is 56.7 Å². The molecule has 0 spiro atoms. The molecule has 0 saturated carbocycles. The lowest BCUT2D eigenvalue weighted by molar-refractivity contribution is 0.0605. The summed E-state index contributed by atoms with van der Waals surface area (Å²) >= 11 is 0. The molecule has 1 N–H and O–H groups in total. The number of hydrogen-bond acceptors (Lipinski definition) is 4. The smallest absolute Gasteiger partial charge is 0.0293 e. The standard InChI is InChI=1S/C16H28N4/c1-14(15-5-7-17-8-6-15)18-13-16(2,3)20-11-9-19(4)10-12-20/h5-8,14,18H,9-13H2,1-4H3. The Morgan fingerprint density at radius 2 is 1.80 bits per heavy atom. The highest BCUT2D eigenvalue weighted by molar-refractivity contribution is 5.14. The van der Waals surface area contributed by atoms with E-state index >= 15 is 0 Å². The lowest BCUT2D eigenvalue weighted by Gasteiger charge is -2.43. The van der Waals surface area contributed by atoms with Gasteiger partial charge in [0.2, 0.25) is 0 Å². The molecule has 1 fully saturated rings. The van der Waals surface area contributed by atoms with E-state index < -0.39 is 0 Å². The summed E-state index contributed by atoms with van der Waals surface area (Å²) in [4.78, 5) is 9.08. The molecule has 1 saturated heterocycles. The highest BCUT2D eigenvalue weighted by Gasteiger charge is 2.29. The Morgan fingerprint density at radius 3 is 2.40 bits per heavy atom. The summed E-state index contributed by atoms with van der Waals surface area (Å²) in [6.07, 6.45) is 3.72. The number of rotatable bonds is 5. The van der Waals surface area contributed by atoms with Crippen molar-refractivity contribution in [3.8, 4) is 0 Å². The molecule has 112 valence electrons. The third-order valence-electron chi connectivity index (χ3n) is 4.41. The predicted molar refractivity (Wildman–Crippen MR) is 83.8 cm³/mol. The van der Waals surface area contributed by atoms with Gasteiger partial charge >= 0.3 is 0 Å². The molecule has 0 aliphatic carbocycles. The van der Waals surface area contributed by atoms with Gasteiger partial charge in [0.15, 0.2) is 0 Å². The van der Waals surface area contributed by atoms with Crippen LogP contribution in [-0.2, 0) is 0 Å². The molecule has 1 aromatic rings. The highest BCUT2D eigenvalue weighted by atomic mass is 15.3. The van der Waals surface area contributed by atoms with Crippen molar-refractivity contribution in [3.05, 3.63) is 30.1 Å². The molecule has 0 amide bonds. The summed E-state index contributed by atoms with van der Waals surface area (Å²) in [5.74, 6) is 0. The number of hydrogen-bond donors (Lipinski definition) is 1. The van der Waals surface area contributed by atoms with Gasteiger partial charge in [0.05, 0.1) is 0 Å². The molecule has 1 atom stereocenters. The fourth-order valence-corrected chi connectivity index (χ4v) is 2.70. The van der Waals surface area contributed by atoms with Crippen molar-refractivity contribution in [2.24, 2.45) is 0 Å². The number of aromatic nitrogens is 1. The van der Waals surface area contributed by atoms with Gasteiger partial charge < -0.3 is 10.2 Å². The van der Waals surface area contributed by atoms with E-state index in [1.54, 1.807) is 0 Å². The monoisotopic (exact) mass is 276 g/mol. The lowest BCUT2D eigenvalue weighted by Crippen LogP contribution is -2.57. The number of likely N-dealkylation sites (N-methyl/N-ethyl adjacent to an activating group) is 1. The number of nitrogens with zero attached hydrogens (tertiary/aromatic N) is 3. The quantitative estimate of drug-likeness (QED) is 0.888. The minimum atomic E-state index is 0.197. The molecule has 1 unspecified atom stereocenters. The molecule has 1 aliphatic rings. The second kappa shape index (κ2) is 6.66. The first-order valence-electron chi connectivity index (χ1n) is 7.56. The maximum Gasteiger partial charge on any atom is 0.0293 e. The predicted octanol–water partition coefficient (Wildman–Crippen LogP) is 1.76. The number of nitrogens with one attached hydrogen (secondary N) is 1. The van der Waals surface area contributed by atoms with Crippen molar-refractivity contribution < 1.29 is 0 Å². The maximum absolute atomic E-state index is 4.08. The Hall–Kier alpha value is -0.970. The van der Waals surface area contributed by atoms with Crippen LogP contribution >= 0.6 is 0 Å². The molecule has 2 heterocycles.